The Morgan fingerprint density at radius 1 is 1.50 bits per heavy atom. The summed E-state index contributed by atoms with van der Waals surface area (Å²) in [6, 6.07) is 3.81. The molecule has 0 radical (unpaired) electrons. The maximum absolute atomic E-state index is 12.3. The van der Waals surface area contributed by atoms with Gasteiger partial charge in [-0.3, -0.25) is 0 Å². The van der Waals surface area contributed by atoms with Crippen LogP contribution in [0.4, 0.5) is 0 Å². The van der Waals surface area contributed by atoms with Gasteiger partial charge in [-0.1, -0.05) is 6.92 Å². The predicted octanol–water partition coefficient (Wildman–Crippen LogP) is 2.48. The molecule has 1 unspecified atom stereocenters. The zero-order valence-corrected chi connectivity index (χ0v) is 11.3. The maximum atomic E-state index is 12.3. The van der Waals surface area contributed by atoms with Crippen molar-refractivity contribution in [3.05, 3.63) is 17.0 Å². The van der Waals surface area contributed by atoms with Crippen molar-refractivity contribution in [1.82, 2.24) is 4.31 Å². The van der Waals surface area contributed by atoms with Gasteiger partial charge in [0.2, 0.25) is 0 Å². The Labute approximate surface area is 101 Å². The van der Waals surface area contributed by atoms with E-state index in [1.54, 1.807) is 10.4 Å². The summed E-state index contributed by atoms with van der Waals surface area (Å²) < 4.78 is 26.8. The van der Waals surface area contributed by atoms with E-state index in [0.717, 1.165) is 24.1 Å². The molecular weight excluding hydrogens is 242 g/mol. The van der Waals surface area contributed by atoms with Gasteiger partial charge in [0.1, 0.15) is 4.21 Å². The highest BCUT2D eigenvalue weighted by Gasteiger charge is 2.33. The molecule has 1 fully saturated rings. The third-order valence-electron chi connectivity index (χ3n) is 3.04. The first-order chi connectivity index (χ1) is 7.55. The average Bonchev–Trinajstić information content (AvgIpc) is 2.85. The third-order valence-corrected chi connectivity index (χ3v) is 6.75. The van der Waals surface area contributed by atoms with Gasteiger partial charge in [0, 0.05) is 17.5 Å². The van der Waals surface area contributed by atoms with Crippen molar-refractivity contribution < 1.29 is 8.42 Å². The highest BCUT2D eigenvalue weighted by atomic mass is 32.2. The highest BCUT2D eigenvalue weighted by molar-refractivity contribution is 7.91. The fourth-order valence-electron chi connectivity index (χ4n) is 2.07. The monoisotopic (exact) mass is 259 g/mol. The lowest BCUT2D eigenvalue weighted by atomic mass is 10.3. The molecule has 0 saturated carbocycles. The van der Waals surface area contributed by atoms with Crippen molar-refractivity contribution >= 4 is 21.4 Å². The summed E-state index contributed by atoms with van der Waals surface area (Å²) in [4.78, 5) is 1.13. The topological polar surface area (TPSA) is 37.4 Å². The molecule has 2 rings (SSSR count). The van der Waals surface area contributed by atoms with Crippen LogP contribution in [0.25, 0.3) is 0 Å². The summed E-state index contributed by atoms with van der Waals surface area (Å²) >= 11 is 1.40. The van der Waals surface area contributed by atoms with Crippen molar-refractivity contribution in [1.29, 1.82) is 0 Å². The van der Waals surface area contributed by atoms with Crippen molar-refractivity contribution in [2.75, 3.05) is 6.54 Å². The van der Waals surface area contributed by atoms with Crippen LogP contribution in [0.1, 0.15) is 31.6 Å². The molecule has 0 bridgehead atoms. The lowest BCUT2D eigenvalue weighted by molar-refractivity contribution is 0.409. The molecule has 0 aromatic carbocycles. The Balaban J connectivity index is 2.31. The Kier molecular flexibility index (Phi) is 3.37. The van der Waals surface area contributed by atoms with Gasteiger partial charge in [-0.05, 0) is 38.3 Å². The number of sulfonamides is 1. The summed E-state index contributed by atoms with van der Waals surface area (Å²) in [6.07, 6.45) is 2.85. The number of thiophene rings is 1. The lowest BCUT2D eigenvalue weighted by Gasteiger charge is -2.19. The molecule has 1 saturated heterocycles. The van der Waals surface area contributed by atoms with E-state index in [4.69, 9.17) is 0 Å². The second kappa shape index (κ2) is 4.47. The lowest BCUT2D eigenvalue weighted by Crippen LogP contribution is -2.33. The second-order valence-electron chi connectivity index (χ2n) is 4.18. The second-order valence-corrected chi connectivity index (χ2v) is 7.47. The van der Waals surface area contributed by atoms with E-state index < -0.39 is 10.0 Å². The Hall–Kier alpha value is -0.390. The predicted molar refractivity (Wildman–Crippen MR) is 66.3 cm³/mol. The third kappa shape index (κ3) is 2.04. The van der Waals surface area contributed by atoms with E-state index in [0.29, 0.717) is 10.8 Å². The minimum absolute atomic E-state index is 0.150. The minimum atomic E-state index is -3.23. The van der Waals surface area contributed by atoms with Crippen molar-refractivity contribution in [2.24, 2.45) is 0 Å². The summed E-state index contributed by atoms with van der Waals surface area (Å²) in [7, 11) is -3.23. The minimum Gasteiger partial charge on any atom is -0.206 e. The van der Waals surface area contributed by atoms with Crippen LogP contribution in [-0.2, 0) is 16.4 Å². The maximum Gasteiger partial charge on any atom is 0.252 e. The molecule has 1 aromatic heterocycles. The summed E-state index contributed by atoms with van der Waals surface area (Å²) in [5.41, 5.74) is 0. The first-order valence-corrected chi connectivity index (χ1v) is 7.92. The van der Waals surface area contributed by atoms with Crippen LogP contribution in [0.5, 0.6) is 0 Å². The van der Waals surface area contributed by atoms with Gasteiger partial charge in [-0.25, -0.2) is 8.42 Å². The molecular formula is C11H17NO2S2. The molecule has 1 atom stereocenters. The molecule has 16 heavy (non-hydrogen) atoms. The van der Waals surface area contributed by atoms with Crippen molar-refractivity contribution in [3.8, 4) is 0 Å². The van der Waals surface area contributed by atoms with Crippen molar-refractivity contribution in [3.63, 3.8) is 0 Å². The average molecular weight is 259 g/mol. The molecule has 0 N–H and O–H groups in total. The van der Waals surface area contributed by atoms with Gasteiger partial charge in [0.15, 0.2) is 0 Å². The van der Waals surface area contributed by atoms with Crippen LogP contribution >= 0.6 is 11.3 Å². The van der Waals surface area contributed by atoms with Crippen LogP contribution < -0.4 is 0 Å². The van der Waals surface area contributed by atoms with E-state index in [-0.39, 0.29) is 6.04 Å². The zero-order valence-electron chi connectivity index (χ0n) is 9.64. The van der Waals surface area contributed by atoms with E-state index in [2.05, 4.69) is 0 Å². The fraction of sp³-hybridized carbons (Fsp3) is 0.636. The smallest absolute Gasteiger partial charge is 0.206 e. The standard InChI is InChI=1S/C11H17NO2S2/c1-3-10-6-7-11(15-10)16(13,14)12-8-4-5-9(12)2/h6-7,9H,3-5,8H2,1-2H3. The van der Waals surface area contributed by atoms with E-state index in [9.17, 15) is 8.42 Å². The number of hydrogen-bond acceptors (Lipinski definition) is 3. The van der Waals surface area contributed by atoms with Crippen molar-refractivity contribution in [2.45, 2.75) is 43.4 Å². The molecule has 0 amide bonds. The first kappa shape index (κ1) is 12.1. The number of hydrogen-bond donors (Lipinski definition) is 0. The van der Waals surface area contributed by atoms with Crippen LogP contribution in [0, 0.1) is 0 Å². The molecule has 1 aliphatic heterocycles. The number of rotatable bonds is 3. The summed E-state index contributed by atoms with van der Waals surface area (Å²) in [6.45, 7) is 4.70. The van der Waals surface area contributed by atoms with Gasteiger partial charge in [-0.2, -0.15) is 4.31 Å². The highest BCUT2D eigenvalue weighted by Crippen LogP contribution is 2.30. The van der Waals surface area contributed by atoms with Gasteiger partial charge in [0.25, 0.3) is 10.0 Å². The fourth-order valence-corrected chi connectivity index (χ4v) is 5.19. The van der Waals surface area contributed by atoms with Gasteiger partial charge in [0.05, 0.1) is 0 Å². The van der Waals surface area contributed by atoms with Gasteiger partial charge >= 0.3 is 0 Å². The number of aryl methyl sites for hydroxylation is 1. The molecule has 5 heteroatoms. The molecule has 0 spiro atoms. The van der Waals surface area contributed by atoms with Crippen LogP contribution in [-0.4, -0.2) is 25.3 Å². The molecule has 3 nitrogen and oxygen atoms in total. The summed E-state index contributed by atoms with van der Waals surface area (Å²) in [5.74, 6) is 0. The van der Waals surface area contributed by atoms with E-state index in [1.165, 1.54) is 11.3 Å². The molecule has 2 heterocycles. The quantitative estimate of drug-likeness (QED) is 0.836. The molecule has 0 aliphatic carbocycles. The Bertz CT molecular complexity index is 464. The normalized spacial score (nSPS) is 22.8. The Morgan fingerprint density at radius 2 is 2.25 bits per heavy atom. The molecule has 1 aromatic rings. The van der Waals surface area contributed by atoms with Crippen LogP contribution in [0.15, 0.2) is 16.3 Å². The van der Waals surface area contributed by atoms with Gasteiger partial charge < -0.3 is 0 Å². The van der Waals surface area contributed by atoms with Crippen LogP contribution in [0.3, 0.4) is 0 Å². The van der Waals surface area contributed by atoms with Gasteiger partial charge in [-0.15, -0.1) is 11.3 Å². The van der Waals surface area contributed by atoms with E-state index in [1.807, 2.05) is 19.9 Å². The summed E-state index contributed by atoms with van der Waals surface area (Å²) in [5, 5.41) is 0. The SMILES string of the molecule is CCc1ccc(S(=O)(=O)N2CCCC2C)s1. The Morgan fingerprint density at radius 3 is 2.75 bits per heavy atom. The first-order valence-electron chi connectivity index (χ1n) is 5.66. The van der Waals surface area contributed by atoms with Crippen LogP contribution in [0.2, 0.25) is 0 Å². The molecule has 1 aliphatic rings. The zero-order chi connectivity index (χ0) is 11.8. The molecule has 90 valence electrons. The van der Waals surface area contributed by atoms with E-state index >= 15 is 0 Å². The largest absolute Gasteiger partial charge is 0.252 e. The number of nitrogens with zero attached hydrogens (tertiary/aromatic N) is 1.